The Morgan fingerprint density at radius 2 is 2.24 bits per heavy atom. The van der Waals surface area contributed by atoms with E-state index >= 15 is 0 Å². The molecule has 2 heterocycles. The average Bonchev–Trinajstić information content (AvgIpc) is 2.83. The minimum Gasteiger partial charge on any atom is -0.311 e. The van der Waals surface area contributed by atoms with Crippen LogP contribution in [-0.2, 0) is 6.54 Å². The summed E-state index contributed by atoms with van der Waals surface area (Å²) in [5, 5.41) is 11.0. The summed E-state index contributed by atoms with van der Waals surface area (Å²) in [5.74, 6) is 0.940. The van der Waals surface area contributed by atoms with Crippen LogP contribution in [0.2, 0.25) is 0 Å². The fourth-order valence-corrected chi connectivity index (χ4v) is 3.17. The van der Waals surface area contributed by atoms with Crippen molar-refractivity contribution in [3.05, 3.63) is 27.9 Å². The molecule has 1 N–H and O–H groups in total. The Hall–Kier alpha value is -0.420. The van der Waals surface area contributed by atoms with E-state index in [-0.39, 0.29) is 12.4 Å². The van der Waals surface area contributed by atoms with E-state index in [1.165, 1.54) is 24.1 Å². The molecule has 0 spiro atoms. The van der Waals surface area contributed by atoms with E-state index in [4.69, 9.17) is 0 Å². The van der Waals surface area contributed by atoms with Crippen molar-refractivity contribution in [2.75, 3.05) is 6.54 Å². The van der Waals surface area contributed by atoms with E-state index in [1.807, 2.05) is 0 Å². The van der Waals surface area contributed by atoms with Gasteiger partial charge in [-0.05, 0) is 36.8 Å². The Morgan fingerprint density at radius 3 is 2.94 bits per heavy atom. The Balaban J connectivity index is 0.00000108. The van der Waals surface area contributed by atoms with Crippen LogP contribution in [0.15, 0.2) is 22.2 Å². The molecule has 2 aromatic rings. The third-order valence-electron chi connectivity index (χ3n) is 2.76. The number of thiophene rings is 1. The number of thiazole rings is 1. The van der Waals surface area contributed by atoms with Gasteiger partial charge in [0, 0.05) is 22.9 Å². The molecule has 92 valence electrons. The number of hydrogen-bond acceptors (Lipinski definition) is 4. The van der Waals surface area contributed by atoms with E-state index in [2.05, 4.69) is 32.5 Å². The number of nitrogens with zero attached hydrogens (tertiary/aromatic N) is 1. The summed E-state index contributed by atoms with van der Waals surface area (Å²) in [6, 6.07) is 2.13. The quantitative estimate of drug-likeness (QED) is 0.904. The maximum absolute atomic E-state index is 4.63. The minimum absolute atomic E-state index is 0. The van der Waals surface area contributed by atoms with E-state index in [9.17, 15) is 0 Å². The largest absolute Gasteiger partial charge is 0.311 e. The summed E-state index contributed by atoms with van der Waals surface area (Å²) in [4.78, 5) is 4.63. The highest BCUT2D eigenvalue weighted by atomic mass is 35.5. The maximum atomic E-state index is 4.63. The molecule has 5 heteroatoms. The van der Waals surface area contributed by atoms with Crippen LogP contribution in [0.4, 0.5) is 0 Å². The maximum Gasteiger partial charge on any atom is 0.124 e. The monoisotopic (exact) mass is 286 g/mol. The number of nitrogens with one attached hydrogen (secondary N) is 1. The Kier molecular flexibility index (Phi) is 4.56. The molecule has 1 fully saturated rings. The van der Waals surface area contributed by atoms with E-state index in [0.717, 1.165) is 24.0 Å². The molecule has 3 rings (SSSR count). The van der Waals surface area contributed by atoms with Crippen molar-refractivity contribution in [3.8, 4) is 10.6 Å². The molecular weight excluding hydrogens is 272 g/mol. The highest BCUT2D eigenvalue weighted by Gasteiger charge is 2.20. The van der Waals surface area contributed by atoms with Crippen molar-refractivity contribution in [2.24, 2.45) is 5.92 Å². The molecule has 1 aliphatic carbocycles. The summed E-state index contributed by atoms with van der Waals surface area (Å²) >= 11 is 3.46. The molecule has 0 amide bonds. The van der Waals surface area contributed by atoms with Gasteiger partial charge in [-0.3, -0.25) is 0 Å². The summed E-state index contributed by atoms with van der Waals surface area (Å²) in [6.07, 6.45) is 2.81. The summed E-state index contributed by atoms with van der Waals surface area (Å²) < 4.78 is 0. The molecule has 1 aliphatic rings. The highest BCUT2D eigenvalue weighted by Crippen LogP contribution is 2.28. The molecule has 0 aliphatic heterocycles. The van der Waals surface area contributed by atoms with Gasteiger partial charge in [0.05, 0.1) is 5.69 Å². The van der Waals surface area contributed by atoms with Crippen molar-refractivity contribution in [1.82, 2.24) is 10.3 Å². The van der Waals surface area contributed by atoms with Crippen molar-refractivity contribution >= 4 is 35.1 Å². The predicted octanol–water partition coefficient (Wildman–Crippen LogP) is 3.79. The molecular formula is C12H15ClN2S2. The zero-order valence-electron chi connectivity index (χ0n) is 9.39. The fourth-order valence-electron chi connectivity index (χ4n) is 1.63. The number of halogens is 1. The lowest BCUT2D eigenvalue weighted by Gasteiger charge is -1.99. The minimum atomic E-state index is 0. The van der Waals surface area contributed by atoms with E-state index in [0.29, 0.717) is 0 Å². The Bertz CT molecular complexity index is 449. The van der Waals surface area contributed by atoms with Crippen molar-refractivity contribution in [1.29, 1.82) is 0 Å². The van der Waals surface area contributed by atoms with Crippen molar-refractivity contribution < 1.29 is 0 Å². The van der Waals surface area contributed by atoms with Gasteiger partial charge in [0.2, 0.25) is 0 Å². The second-order valence-corrected chi connectivity index (χ2v) is 5.87. The van der Waals surface area contributed by atoms with Gasteiger partial charge in [0.15, 0.2) is 0 Å². The van der Waals surface area contributed by atoms with Crippen LogP contribution in [0.1, 0.15) is 18.5 Å². The molecule has 0 saturated heterocycles. The zero-order chi connectivity index (χ0) is 10.8. The van der Waals surface area contributed by atoms with Gasteiger partial charge < -0.3 is 5.32 Å². The normalized spacial score (nSPS) is 14.6. The Labute approximate surface area is 116 Å². The lowest BCUT2D eigenvalue weighted by atomic mass is 10.3. The summed E-state index contributed by atoms with van der Waals surface area (Å²) in [6.45, 7) is 2.07. The average molecular weight is 287 g/mol. The van der Waals surface area contributed by atoms with Gasteiger partial charge in [-0.25, -0.2) is 4.98 Å². The van der Waals surface area contributed by atoms with Gasteiger partial charge in [-0.15, -0.1) is 23.7 Å². The van der Waals surface area contributed by atoms with Gasteiger partial charge in [0.1, 0.15) is 5.01 Å². The third kappa shape index (κ3) is 3.52. The molecule has 2 nitrogen and oxygen atoms in total. The second kappa shape index (κ2) is 5.96. The van der Waals surface area contributed by atoms with Crippen molar-refractivity contribution in [2.45, 2.75) is 19.4 Å². The smallest absolute Gasteiger partial charge is 0.124 e. The van der Waals surface area contributed by atoms with Crippen LogP contribution in [0.5, 0.6) is 0 Å². The van der Waals surface area contributed by atoms with Gasteiger partial charge in [0.25, 0.3) is 0 Å². The first kappa shape index (κ1) is 13.0. The SMILES string of the molecule is Cl.c1cc(-c2nc(CNCC3CC3)cs2)cs1. The fraction of sp³-hybridized carbons (Fsp3) is 0.417. The highest BCUT2D eigenvalue weighted by molar-refractivity contribution is 7.14. The molecule has 2 aromatic heterocycles. The first-order chi connectivity index (χ1) is 7.92. The van der Waals surface area contributed by atoms with E-state index in [1.54, 1.807) is 22.7 Å². The Morgan fingerprint density at radius 1 is 1.35 bits per heavy atom. The molecule has 0 bridgehead atoms. The van der Waals surface area contributed by atoms with Gasteiger partial charge in [-0.1, -0.05) is 0 Å². The first-order valence-electron chi connectivity index (χ1n) is 5.59. The first-order valence-corrected chi connectivity index (χ1v) is 7.42. The molecule has 0 radical (unpaired) electrons. The van der Waals surface area contributed by atoms with Crippen LogP contribution in [0, 0.1) is 5.92 Å². The van der Waals surface area contributed by atoms with Gasteiger partial charge >= 0.3 is 0 Å². The van der Waals surface area contributed by atoms with Gasteiger partial charge in [-0.2, -0.15) is 11.3 Å². The topological polar surface area (TPSA) is 24.9 Å². The van der Waals surface area contributed by atoms with Crippen LogP contribution < -0.4 is 5.32 Å². The second-order valence-electron chi connectivity index (χ2n) is 4.23. The molecule has 0 aromatic carbocycles. The van der Waals surface area contributed by atoms with Crippen LogP contribution in [-0.4, -0.2) is 11.5 Å². The van der Waals surface area contributed by atoms with Crippen LogP contribution >= 0.6 is 35.1 Å². The molecule has 0 atom stereocenters. The van der Waals surface area contributed by atoms with E-state index < -0.39 is 0 Å². The summed E-state index contributed by atoms with van der Waals surface area (Å²) in [7, 11) is 0. The number of rotatable bonds is 5. The van der Waals surface area contributed by atoms with Crippen molar-refractivity contribution in [3.63, 3.8) is 0 Å². The lowest BCUT2D eigenvalue weighted by Crippen LogP contribution is -2.16. The van der Waals surface area contributed by atoms with Crippen LogP contribution in [0.3, 0.4) is 0 Å². The summed E-state index contributed by atoms with van der Waals surface area (Å²) in [5.41, 5.74) is 2.43. The lowest BCUT2D eigenvalue weighted by molar-refractivity contribution is 0.632. The standard InChI is InChI=1S/C12H14N2S2.ClH/c1-2-9(1)5-13-6-11-8-16-12(14-11)10-3-4-15-7-10;/h3-4,7-9,13H,1-2,5-6H2;1H. The molecule has 1 saturated carbocycles. The number of hydrogen-bond donors (Lipinski definition) is 1. The molecule has 17 heavy (non-hydrogen) atoms. The predicted molar refractivity (Wildman–Crippen MR) is 77.1 cm³/mol. The molecule has 0 unspecified atom stereocenters. The van der Waals surface area contributed by atoms with Crippen LogP contribution in [0.25, 0.3) is 10.6 Å². The zero-order valence-corrected chi connectivity index (χ0v) is 11.8. The third-order valence-corrected chi connectivity index (χ3v) is 4.38. The number of aromatic nitrogens is 1.